The summed E-state index contributed by atoms with van der Waals surface area (Å²) in [5.41, 5.74) is 6.19. The molecule has 0 radical (unpaired) electrons. The second-order valence-electron chi connectivity index (χ2n) is 7.45. The van der Waals surface area contributed by atoms with Crippen LogP contribution in [0.25, 0.3) is 44.2 Å². The van der Waals surface area contributed by atoms with E-state index in [9.17, 15) is 0 Å². The Morgan fingerprint density at radius 1 is 0.774 bits per heavy atom. The number of aromatic amines is 1. The fourth-order valence-electron chi connectivity index (χ4n) is 4.09. The van der Waals surface area contributed by atoms with E-state index in [1.54, 1.807) is 21.3 Å². The summed E-state index contributed by atoms with van der Waals surface area (Å²) >= 11 is 0. The first kappa shape index (κ1) is 19.1. The van der Waals surface area contributed by atoms with Crippen molar-refractivity contribution in [2.75, 3.05) is 21.3 Å². The van der Waals surface area contributed by atoms with E-state index in [0.29, 0.717) is 17.2 Å². The zero-order valence-electron chi connectivity index (χ0n) is 17.9. The molecule has 0 atom stereocenters. The summed E-state index contributed by atoms with van der Waals surface area (Å²) in [4.78, 5) is 0. The Morgan fingerprint density at radius 2 is 1.52 bits per heavy atom. The van der Waals surface area contributed by atoms with Gasteiger partial charge in [-0.25, -0.2) is 0 Å². The molecule has 0 bridgehead atoms. The quantitative estimate of drug-likeness (QED) is 0.418. The van der Waals surface area contributed by atoms with Gasteiger partial charge in [0.2, 0.25) is 5.75 Å². The normalized spacial score (nSPS) is 11.2. The number of fused-ring (bicyclic) bond motifs is 2. The van der Waals surface area contributed by atoms with Crippen molar-refractivity contribution in [2.24, 2.45) is 7.05 Å². The molecule has 6 nitrogen and oxygen atoms in total. The zero-order chi connectivity index (χ0) is 21.5. The van der Waals surface area contributed by atoms with Crippen LogP contribution in [0.5, 0.6) is 17.2 Å². The highest BCUT2D eigenvalue weighted by Gasteiger charge is 2.16. The molecule has 156 valence electrons. The van der Waals surface area contributed by atoms with Gasteiger partial charge in [0.25, 0.3) is 0 Å². The van der Waals surface area contributed by atoms with Crippen molar-refractivity contribution in [2.45, 2.75) is 0 Å². The van der Waals surface area contributed by atoms with E-state index in [1.165, 1.54) is 10.9 Å². The minimum absolute atomic E-state index is 0.579. The molecule has 2 aromatic heterocycles. The molecule has 0 aliphatic heterocycles. The first-order valence-electron chi connectivity index (χ1n) is 9.97. The Balaban J connectivity index is 1.65. The third kappa shape index (κ3) is 3.08. The van der Waals surface area contributed by atoms with Crippen LogP contribution < -0.4 is 14.2 Å². The van der Waals surface area contributed by atoms with Crippen LogP contribution in [-0.2, 0) is 7.05 Å². The molecule has 6 heteroatoms. The van der Waals surface area contributed by atoms with Crippen molar-refractivity contribution in [3.63, 3.8) is 0 Å². The van der Waals surface area contributed by atoms with Crippen molar-refractivity contribution in [1.29, 1.82) is 0 Å². The third-order valence-electron chi connectivity index (χ3n) is 5.72. The molecule has 5 aromatic rings. The molecule has 2 heterocycles. The van der Waals surface area contributed by atoms with E-state index in [-0.39, 0.29) is 0 Å². The predicted molar refractivity (Wildman–Crippen MR) is 123 cm³/mol. The largest absolute Gasteiger partial charge is 0.493 e. The van der Waals surface area contributed by atoms with Crippen LogP contribution in [0.4, 0.5) is 0 Å². The topological polar surface area (TPSA) is 61.3 Å². The number of nitrogens with zero attached hydrogens (tertiary/aromatic N) is 2. The van der Waals surface area contributed by atoms with Gasteiger partial charge >= 0.3 is 0 Å². The van der Waals surface area contributed by atoms with Gasteiger partial charge in [-0.15, -0.1) is 0 Å². The van der Waals surface area contributed by atoms with Crippen LogP contribution in [0.15, 0.2) is 60.8 Å². The summed E-state index contributed by atoms with van der Waals surface area (Å²) in [6.45, 7) is 0. The molecule has 1 N–H and O–H groups in total. The summed E-state index contributed by atoms with van der Waals surface area (Å²) < 4.78 is 18.6. The van der Waals surface area contributed by atoms with Crippen molar-refractivity contribution < 1.29 is 14.2 Å². The van der Waals surface area contributed by atoms with Crippen molar-refractivity contribution in [3.05, 3.63) is 60.8 Å². The minimum atomic E-state index is 0.579. The second kappa shape index (κ2) is 7.40. The van der Waals surface area contributed by atoms with Gasteiger partial charge in [-0.2, -0.15) is 5.10 Å². The SMILES string of the molecule is COc1cc(-c2ccc3[nH]nc(-c4ccc5c(ccn5C)c4)c3c2)cc(OC)c1OC. The molecule has 0 spiro atoms. The Bertz CT molecular complexity index is 1390. The Labute approximate surface area is 180 Å². The first-order chi connectivity index (χ1) is 15.1. The molecule has 5 rings (SSSR count). The fraction of sp³-hybridized carbons (Fsp3) is 0.160. The number of hydrogen-bond acceptors (Lipinski definition) is 4. The molecule has 0 aliphatic carbocycles. The summed E-state index contributed by atoms with van der Waals surface area (Å²) in [6, 6.07) is 18.7. The van der Waals surface area contributed by atoms with Crippen LogP contribution in [0.3, 0.4) is 0 Å². The average molecular weight is 413 g/mol. The molecule has 31 heavy (non-hydrogen) atoms. The number of nitrogens with one attached hydrogen (secondary N) is 1. The van der Waals surface area contributed by atoms with Gasteiger partial charge in [-0.1, -0.05) is 12.1 Å². The lowest BCUT2D eigenvalue weighted by atomic mass is 10.00. The number of hydrogen-bond donors (Lipinski definition) is 1. The van der Waals surface area contributed by atoms with Crippen molar-refractivity contribution >= 4 is 21.8 Å². The summed E-state index contributed by atoms with van der Waals surface area (Å²) in [7, 11) is 6.90. The molecule has 0 unspecified atom stereocenters. The minimum Gasteiger partial charge on any atom is -0.493 e. The summed E-state index contributed by atoms with van der Waals surface area (Å²) in [5.74, 6) is 1.83. The maximum absolute atomic E-state index is 5.52. The van der Waals surface area contributed by atoms with Crippen LogP contribution in [0.2, 0.25) is 0 Å². The van der Waals surface area contributed by atoms with E-state index in [2.05, 4.69) is 64.4 Å². The number of benzene rings is 3. The van der Waals surface area contributed by atoms with E-state index in [1.807, 2.05) is 18.2 Å². The van der Waals surface area contributed by atoms with E-state index >= 15 is 0 Å². The highest BCUT2D eigenvalue weighted by atomic mass is 16.5. The summed E-state index contributed by atoms with van der Waals surface area (Å²) in [5, 5.41) is 10.0. The lowest BCUT2D eigenvalue weighted by molar-refractivity contribution is 0.324. The maximum atomic E-state index is 5.52. The van der Waals surface area contributed by atoms with E-state index in [0.717, 1.165) is 33.3 Å². The van der Waals surface area contributed by atoms with Gasteiger partial charge in [0, 0.05) is 35.1 Å². The third-order valence-corrected chi connectivity index (χ3v) is 5.72. The number of aromatic nitrogens is 3. The molecule has 0 aliphatic rings. The van der Waals surface area contributed by atoms with Crippen LogP contribution in [0.1, 0.15) is 0 Å². The van der Waals surface area contributed by atoms with Gasteiger partial charge in [0.05, 0.1) is 32.5 Å². The fourth-order valence-corrected chi connectivity index (χ4v) is 4.09. The number of methoxy groups -OCH3 is 3. The van der Waals surface area contributed by atoms with Gasteiger partial charge in [0.1, 0.15) is 0 Å². The van der Waals surface area contributed by atoms with Crippen LogP contribution >= 0.6 is 0 Å². The Kier molecular flexibility index (Phi) is 4.55. The molecule has 0 saturated heterocycles. The Morgan fingerprint density at radius 3 is 2.23 bits per heavy atom. The molecular formula is C25H23N3O3. The van der Waals surface area contributed by atoms with Gasteiger partial charge in [0.15, 0.2) is 11.5 Å². The van der Waals surface area contributed by atoms with Crippen LogP contribution in [-0.4, -0.2) is 36.1 Å². The number of rotatable bonds is 5. The van der Waals surface area contributed by atoms with Crippen LogP contribution in [0, 0.1) is 0 Å². The summed E-state index contributed by atoms with van der Waals surface area (Å²) in [6.07, 6.45) is 2.07. The second-order valence-corrected chi connectivity index (χ2v) is 7.45. The lowest BCUT2D eigenvalue weighted by Gasteiger charge is -2.14. The highest BCUT2D eigenvalue weighted by Crippen LogP contribution is 2.42. The van der Waals surface area contributed by atoms with E-state index < -0.39 is 0 Å². The molecule has 0 fully saturated rings. The van der Waals surface area contributed by atoms with Gasteiger partial charge in [-0.05, 0) is 53.6 Å². The number of H-pyrrole nitrogens is 1. The molecule has 3 aromatic carbocycles. The smallest absolute Gasteiger partial charge is 0.203 e. The number of aryl methyl sites for hydroxylation is 1. The van der Waals surface area contributed by atoms with Crippen molar-refractivity contribution in [3.8, 4) is 39.6 Å². The van der Waals surface area contributed by atoms with Gasteiger partial charge in [-0.3, -0.25) is 5.10 Å². The Hall–Kier alpha value is -3.93. The monoisotopic (exact) mass is 413 g/mol. The maximum Gasteiger partial charge on any atom is 0.203 e. The molecule has 0 amide bonds. The predicted octanol–water partition coefficient (Wildman–Crippen LogP) is 5.41. The lowest BCUT2D eigenvalue weighted by Crippen LogP contribution is -1.95. The van der Waals surface area contributed by atoms with Crippen molar-refractivity contribution in [1.82, 2.24) is 14.8 Å². The zero-order valence-corrected chi connectivity index (χ0v) is 17.9. The molecular weight excluding hydrogens is 390 g/mol. The average Bonchev–Trinajstić information content (AvgIpc) is 3.40. The number of ether oxygens (including phenoxy) is 3. The highest BCUT2D eigenvalue weighted by molar-refractivity contribution is 5.98. The van der Waals surface area contributed by atoms with Gasteiger partial charge < -0.3 is 18.8 Å². The van der Waals surface area contributed by atoms with E-state index in [4.69, 9.17) is 14.2 Å². The standard InChI is InChI=1S/C25H23N3O3/c1-28-10-9-16-11-17(6-8-21(16)28)24-19-12-15(5-7-20(19)26-27-24)18-13-22(29-2)25(31-4)23(14-18)30-3/h5-14H,1-4H3,(H,26,27). The molecule has 0 saturated carbocycles. The first-order valence-corrected chi connectivity index (χ1v) is 9.97.